The second-order valence-electron chi connectivity index (χ2n) is 4.46. The van der Waals surface area contributed by atoms with Crippen molar-refractivity contribution in [3.63, 3.8) is 0 Å². The molecule has 0 atom stereocenters. The van der Waals surface area contributed by atoms with Gasteiger partial charge in [0.05, 0.1) is 10.0 Å². The van der Waals surface area contributed by atoms with Crippen LogP contribution in [0.1, 0.15) is 15.9 Å². The van der Waals surface area contributed by atoms with Crippen molar-refractivity contribution in [1.82, 2.24) is 10.9 Å². The van der Waals surface area contributed by atoms with Crippen molar-refractivity contribution in [3.8, 4) is 0 Å². The first-order chi connectivity index (χ1) is 11.0. The summed E-state index contributed by atoms with van der Waals surface area (Å²) in [5, 5.41) is 1.35. The van der Waals surface area contributed by atoms with Gasteiger partial charge in [-0.25, -0.2) is 0 Å². The molecule has 2 aromatic rings. The molecule has 0 unspecified atom stereocenters. The number of carbonyl (C=O) groups excluding carboxylic acids is 2. The second-order valence-corrected chi connectivity index (χ2v) is 5.71. The van der Waals surface area contributed by atoms with E-state index in [4.69, 9.17) is 34.8 Å². The van der Waals surface area contributed by atoms with E-state index >= 15 is 0 Å². The van der Waals surface area contributed by atoms with Crippen molar-refractivity contribution in [2.45, 2.75) is 0 Å². The lowest BCUT2D eigenvalue weighted by Crippen LogP contribution is -2.40. The van der Waals surface area contributed by atoms with E-state index in [0.29, 0.717) is 26.2 Å². The summed E-state index contributed by atoms with van der Waals surface area (Å²) in [5.41, 5.74) is 5.65. The molecule has 0 fully saturated rings. The number of carbonyl (C=O) groups is 2. The van der Waals surface area contributed by atoms with E-state index in [9.17, 15) is 9.59 Å². The van der Waals surface area contributed by atoms with Crippen LogP contribution in [0.5, 0.6) is 0 Å². The summed E-state index contributed by atoms with van der Waals surface area (Å²) >= 11 is 17.4. The van der Waals surface area contributed by atoms with E-state index in [1.165, 1.54) is 6.08 Å². The summed E-state index contributed by atoms with van der Waals surface area (Å²) in [5.74, 6) is -0.934. The summed E-state index contributed by atoms with van der Waals surface area (Å²) in [4.78, 5) is 23.5. The molecular formula is C16H11Cl3N2O2. The molecule has 0 spiro atoms. The van der Waals surface area contributed by atoms with Crippen molar-refractivity contribution in [2.24, 2.45) is 0 Å². The molecule has 0 bridgehead atoms. The zero-order valence-electron chi connectivity index (χ0n) is 11.6. The highest BCUT2D eigenvalue weighted by Crippen LogP contribution is 2.23. The third-order valence-corrected chi connectivity index (χ3v) is 3.77. The third-order valence-electron chi connectivity index (χ3n) is 2.78. The molecule has 0 saturated carbocycles. The molecule has 118 valence electrons. The van der Waals surface area contributed by atoms with Gasteiger partial charge in [-0.1, -0.05) is 40.9 Å². The van der Waals surface area contributed by atoms with Gasteiger partial charge in [-0.2, -0.15) is 0 Å². The topological polar surface area (TPSA) is 58.2 Å². The minimum absolute atomic E-state index is 0.378. The minimum atomic E-state index is -0.488. The number of hydrazine groups is 1. The Morgan fingerprint density at radius 1 is 0.870 bits per heavy atom. The van der Waals surface area contributed by atoms with Crippen molar-refractivity contribution in [1.29, 1.82) is 0 Å². The van der Waals surface area contributed by atoms with Crippen LogP contribution < -0.4 is 10.9 Å². The lowest BCUT2D eigenvalue weighted by molar-refractivity contribution is -0.117. The molecule has 2 rings (SSSR count). The molecule has 0 heterocycles. The maximum absolute atomic E-state index is 11.8. The van der Waals surface area contributed by atoms with E-state index < -0.39 is 11.8 Å². The quantitative estimate of drug-likeness (QED) is 0.631. The van der Waals surface area contributed by atoms with E-state index in [1.807, 2.05) is 0 Å². The SMILES string of the molecule is O=C(/C=C/c1ccc(Cl)c(Cl)c1)NNC(=O)c1ccc(Cl)cc1. The molecule has 0 radical (unpaired) electrons. The lowest BCUT2D eigenvalue weighted by atomic mass is 10.2. The first-order valence-electron chi connectivity index (χ1n) is 6.45. The van der Waals surface area contributed by atoms with Gasteiger partial charge >= 0.3 is 0 Å². The lowest BCUT2D eigenvalue weighted by Gasteiger charge is -2.05. The molecule has 2 aromatic carbocycles. The Morgan fingerprint density at radius 3 is 2.22 bits per heavy atom. The normalized spacial score (nSPS) is 10.6. The smallest absolute Gasteiger partial charge is 0.268 e. The predicted octanol–water partition coefficient (Wildman–Crippen LogP) is 4.12. The number of hydrogen-bond donors (Lipinski definition) is 2. The van der Waals surface area contributed by atoms with Gasteiger partial charge in [-0.3, -0.25) is 20.4 Å². The fraction of sp³-hybridized carbons (Fsp3) is 0. The molecule has 23 heavy (non-hydrogen) atoms. The Labute approximate surface area is 148 Å². The highest BCUT2D eigenvalue weighted by atomic mass is 35.5. The van der Waals surface area contributed by atoms with Crippen LogP contribution in [-0.4, -0.2) is 11.8 Å². The fourth-order valence-electron chi connectivity index (χ4n) is 1.62. The number of rotatable bonds is 3. The van der Waals surface area contributed by atoms with Gasteiger partial charge in [-0.05, 0) is 48.0 Å². The molecule has 7 heteroatoms. The Hall–Kier alpha value is -2.01. The Balaban J connectivity index is 1.89. The molecule has 0 aliphatic carbocycles. The molecule has 2 N–H and O–H groups in total. The largest absolute Gasteiger partial charge is 0.269 e. The van der Waals surface area contributed by atoms with E-state index in [1.54, 1.807) is 48.5 Å². The van der Waals surface area contributed by atoms with Crippen LogP contribution in [0.2, 0.25) is 15.1 Å². The number of halogens is 3. The molecule has 4 nitrogen and oxygen atoms in total. The van der Waals surface area contributed by atoms with Gasteiger partial charge in [-0.15, -0.1) is 0 Å². The van der Waals surface area contributed by atoms with Crippen LogP contribution in [0, 0.1) is 0 Å². The maximum atomic E-state index is 11.8. The Morgan fingerprint density at radius 2 is 1.57 bits per heavy atom. The van der Waals surface area contributed by atoms with Crippen LogP contribution in [0.4, 0.5) is 0 Å². The van der Waals surface area contributed by atoms with Gasteiger partial charge < -0.3 is 0 Å². The van der Waals surface area contributed by atoms with Crippen LogP contribution in [-0.2, 0) is 4.79 Å². The number of nitrogens with one attached hydrogen (secondary N) is 2. The first-order valence-corrected chi connectivity index (χ1v) is 7.58. The highest BCUT2D eigenvalue weighted by Gasteiger charge is 2.05. The minimum Gasteiger partial charge on any atom is -0.268 e. The zero-order chi connectivity index (χ0) is 16.8. The van der Waals surface area contributed by atoms with Crippen molar-refractivity contribution in [3.05, 3.63) is 74.7 Å². The van der Waals surface area contributed by atoms with Gasteiger partial charge in [0, 0.05) is 16.7 Å². The van der Waals surface area contributed by atoms with E-state index in [2.05, 4.69) is 10.9 Å². The molecular weight excluding hydrogens is 359 g/mol. The molecule has 0 aliphatic rings. The monoisotopic (exact) mass is 368 g/mol. The van der Waals surface area contributed by atoms with Crippen LogP contribution in [0.15, 0.2) is 48.5 Å². The second kappa shape index (κ2) is 8.02. The van der Waals surface area contributed by atoms with Crippen LogP contribution >= 0.6 is 34.8 Å². The molecule has 2 amide bonds. The van der Waals surface area contributed by atoms with E-state index in [-0.39, 0.29) is 0 Å². The summed E-state index contributed by atoms with van der Waals surface area (Å²) in [6, 6.07) is 11.2. The molecule has 0 aromatic heterocycles. The summed E-state index contributed by atoms with van der Waals surface area (Å²) in [6.45, 7) is 0. The average Bonchev–Trinajstić information content (AvgIpc) is 2.54. The maximum Gasteiger partial charge on any atom is 0.269 e. The number of benzene rings is 2. The summed E-state index contributed by atoms with van der Waals surface area (Å²) in [7, 11) is 0. The van der Waals surface area contributed by atoms with Crippen LogP contribution in [0.25, 0.3) is 6.08 Å². The standard InChI is InChI=1S/C16H11Cl3N2O2/c17-12-5-3-11(4-6-12)16(23)21-20-15(22)8-2-10-1-7-13(18)14(19)9-10/h1-9H,(H,20,22)(H,21,23)/b8-2+. The predicted molar refractivity (Wildman–Crippen MR) is 92.6 cm³/mol. The fourth-order valence-corrected chi connectivity index (χ4v) is 2.05. The van der Waals surface area contributed by atoms with Crippen molar-refractivity contribution < 1.29 is 9.59 Å². The van der Waals surface area contributed by atoms with Gasteiger partial charge in [0.25, 0.3) is 11.8 Å². The number of amides is 2. The average molecular weight is 370 g/mol. The highest BCUT2D eigenvalue weighted by molar-refractivity contribution is 6.42. The van der Waals surface area contributed by atoms with Gasteiger partial charge in [0.2, 0.25) is 0 Å². The van der Waals surface area contributed by atoms with Crippen LogP contribution in [0.3, 0.4) is 0 Å². The first kappa shape index (κ1) is 17.3. The number of hydrogen-bond acceptors (Lipinski definition) is 2. The van der Waals surface area contributed by atoms with Crippen molar-refractivity contribution >= 4 is 52.7 Å². The Bertz CT molecular complexity index is 758. The third kappa shape index (κ3) is 5.28. The molecule has 0 saturated heterocycles. The summed E-state index contributed by atoms with van der Waals surface area (Å²) in [6.07, 6.45) is 2.81. The zero-order valence-corrected chi connectivity index (χ0v) is 13.9. The van der Waals surface area contributed by atoms with Crippen molar-refractivity contribution in [2.75, 3.05) is 0 Å². The molecule has 0 aliphatic heterocycles. The van der Waals surface area contributed by atoms with Gasteiger partial charge in [0.1, 0.15) is 0 Å². The Kier molecular flexibility index (Phi) is 6.04. The summed E-state index contributed by atoms with van der Waals surface area (Å²) < 4.78 is 0. The van der Waals surface area contributed by atoms with Gasteiger partial charge in [0.15, 0.2) is 0 Å². The van der Waals surface area contributed by atoms with E-state index in [0.717, 1.165) is 0 Å².